The minimum Gasteiger partial charge on any atom is -0.464 e. The van der Waals surface area contributed by atoms with Gasteiger partial charge < -0.3 is 29.4 Å². The van der Waals surface area contributed by atoms with E-state index in [1.165, 1.54) is 5.01 Å². The highest BCUT2D eigenvalue weighted by atomic mass is 16.5. The number of benzene rings is 1. The van der Waals surface area contributed by atoms with Crippen molar-refractivity contribution in [1.82, 2.24) is 15.0 Å². The molecule has 3 N–H and O–H groups in total. The van der Waals surface area contributed by atoms with E-state index >= 15 is 0 Å². The Kier molecular flexibility index (Phi) is 10.9. The lowest BCUT2D eigenvalue weighted by Gasteiger charge is -2.37. The van der Waals surface area contributed by atoms with E-state index in [4.69, 9.17) is 24.9 Å². The summed E-state index contributed by atoms with van der Waals surface area (Å²) in [6, 6.07) is 5.25. The van der Waals surface area contributed by atoms with Crippen molar-refractivity contribution >= 4 is 40.3 Å². The molecule has 2 aromatic rings. The van der Waals surface area contributed by atoms with Crippen molar-refractivity contribution in [2.75, 3.05) is 44.9 Å². The molecule has 0 radical (unpaired) electrons. The van der Waals surface area contributed by atoms with Crippen LogP contribution in [0.3, 0.4) is 0 Å². The average Bonchev–Trinajstić information content (AvgIpc) is 3.37. The van der Waals surface area contributed by atoms with E-state index in [-0.39, 0.29) is 30.7 Å². The number of aryl methyl sites for hydroxylation is 1. The number of rotatable bonds is 6. The molecule has 0 saturated carbocycles. The molecule has 3 aliphatic heterocycles. The van der Waals surface area contributed by atoms with Crippen molar-refractivity contribution in [2.24, 2.45) is 16.1 Å². The second-order valence-corrected chi connectivity index (χ2v) is 13.6. The monoisotopic (exact) mass is 648 g/mol. The Balaban J connectivity index is 1.69. The second kappa shape index (κ2) is 14.7. The summed E-state index contributed by atoms with van der Waals surface area (Å²) in [6.07, 6.45) is 5.48. The average molecular weight is 649 g/mol. The predicted molar refractivity (Wildman–Crippen MR) is 186 cm³/mol. The molecule has 5 rings (SSSR count). The minimum atomic E-state index is -0.756. The SMILES string of the molecule is C=C/C(=C(\N=C/C)[C@H](C)OC)c1c2c3cc(ccc3n1CC)N1CCO[C@@H](C[C@H](N)C(=O)N3CCC[C@H](N3)C(=O)OCC(C)(C)C2)C1. The maximum Gasteiger partial charge on any atom is 0.324 e. The number of nitrogens with zero attached hydrogens (tertiary/aromatic N) is 4. The van der Waals surface area contributed by atoms with Crippen molar-refractivity contribution in [2.45, 2.75) is 91.1 Å². The Hall–Kier alpha value is -3.51. The van der Waals surface area contributed by atoms with Crippen LogP contribution in [0.5, 0.6) is 0 Å². The van der Waals surface area contributed by atoms with Crippen LogP contribution in [0.1, 0.15) is 65.1 Å². The summed E-state index contributed by atoms with van der Waals surface area (Å²) in [5.74, 6) is -0.597. The molecule has 0 aliphatic carbocycles. The number of anilines is 1. The molecule has 11 heteroatoms. The highest BCUT2D eigenvalue weighted by Gasteiger charge is 2.35. The number of hydrazine groups is 1. The lowest BCUT2D eigenvalue weighted by atomic mass is 9.84. The number of hydrogen-bond donors (Lipinski definition) is 2. The van der Waals surface area contributed by atoms with E-state index in [0.29, 0.717) is 45.4 Å². The number of ether oxygens (including phenoxy) is 3. The van der Waals surface area contributed by atoms with Gasteiger partial charge in [0.1, 0.15) is 6.04 Å². The number of cyclic esters (lactones) is 1. The number of fused-ring (bicyclic) bond motifs is 6. The third kappa shape index (κ3) is 7.33. The topological polar surface area (TPSA) is 124 Å². The van der Waals surface area contributed by atoms with Gasteiger partial charge in [-0.1, -0.05) is 26.5 Å². The smallest absolute Gasteiger partial charge is 0.324 e. The quantitative estimate of drug-likeness (QED) is 0.271. The number of carbonyl (C=O) groups excluding carboxylic acids is 2. The Morgan fingerprint density at radius 1 is 1.30 bits per heavy atom. The fraction of sp³-hybridized carbons (Fsp3) is 0.583. The Morgan fingerprint density at radius 3 is 2.79 bits per heavy atom. The van der Waals surface area contributed by atoms with Gasteiger partial charge in [-0.2, -0.15) is 0 Å². The van der Waals surface area contributed by atoms with Crippen LogP contribution in [0.4, 0.5) is 5.69 Å². The molecule has 1 aromatic carbocycles. The van der Waals surface area contributed by atoms with Gasteiger partial charge in [0, 0.05) is 67.1 Å². The van der Waals surface area contributed by atoms with Crippen molar-refractivity contribution < 1.29 is 23.8 Å². The molecule has 3 aliphatic rings. The number of aromatic nitrogens is 1. The van der Waals surface area contributed by atoms with E-state index in [0.717, 1.165) is 52.2 Å². The number of esters is 1. The molecular formula is C36H52N6O5. The van der Waals surface area contributed by atoms with Gasteiger partial charge in [0.25, 0.3) is 5.91 Å². The number of methoxy groups -OCH3 is 1. The summed E-state index contributed by atoms with van der Waals surface area (Å²) >= 11 is 0. The first-order valence-electron chi connectivity index (χ1n) is 16.9. The van der Waals surface area contributed by atoms with Gasteiger partial charge in [-0.15, -0.1) is 0 Å². The second-order valence-electron chi connectivity index (χ2n) is 13.6. The summed E-state index contributed by atoms with van der Waals surface area (Å²) in [7, 11) is 1.69. The van der Waals surface area contributed by atoms with Gasteiger partial charge in [0.05, 0.1) is 42.9 Å². The van der Waals surface area contributed by atoms with Gasteiger partial charge >= 0.3 is 5.97 Å². The van der Waals surface area contributed by atoms with E-state index in [1.807, 2.05) is 19.9 Å². The Bertz CT molecular complexity index is 1540. The normalized spacial score (nSPS) is 25.4. The predicted octanol–water partition coefficient (Wildman–Crippen LogP) is 4.23. The highest BCUT2D eigenvalue weighted by molar-refractivity contribution is 5.95. The molecule has 4 heterocycles. The van der Waals surface area contributed by atoms with Crippen molar-refractivity contribution in [3.05, 3.63) is 47.8 Å². The maximum atomic E-state index is 13.4. The molecule has 11 nitrogen and oxygen atoms in total. The fourth-order valence-electron chi connectivity index (χ4n) is 7.08. The zero-order valence-corrected chi connectivity index (χ0v) is 28.9. The van der Waals surface area contributed by atoms with Crippen LogP contribution in [-0.4, -0.2) is 91.9 Å². The summed E-state index contributed by atoms with van der Waals surface area (Å²) < 4.78 is 20.2. The number of morpholine rings is 1. The molecule has 1 amide bonds. The number of amides is 1. The van der Waals surface area contributed by atoms with Crippen LogP contribution in [0, 0.1) is 5.41 Å². The van der Waals surface area contributed by atoms with Crippen LogP contribution < -0.4 is 16.1 Å². The van der Waals surface area contributed by atoms with E-state index in [2.05, 4.69) is 60.4 Å². The van der Waals surface area contributed by atoms with Crippen LogP contribution >= 0.6 is 0 Å². The number of nitrogens with one attached hydrogen (secondary N) is 1. The van der Waals surface area contributed by atoms with Crippen LogP contribution in [-0.2, 0) is 36.8 Å². The van der Waals surface area contributed by atoms with Gasteiger partial charge in [-0.3, -0.25) is 19.6 Å². The van der Waals surface area contributed by atoms with Crippen molar-refractivity contribution in [3.63, 3.8) is 0 Å². The van der Waals surface area contributed by atoms with Gasteiger partial charge in [-0.05, 0) is 70.2 Å². The molecule has 0 unspecified atom stereocenters. The number of nitrogens with two attached hydrogens (primary N) is 1. The molecule has 6 bridgehead atoms. The van der Waals surface area contributed by atoms with Gasteiger partial charge in [0.2, 0.25) is 0 Å². The number of aliphatic imine (C=N–C) groups is 1. The standard InChI is InChI=1S/C36H52N6O5/c1-8-26(32(38-9-2)23(4)45-7)33-28-20-36(5,6)22-47-35(44)30-12-11-15-42(39-30)34(43)29(37)19-25-21-40(16-17-46-25)24-13-14-31(27(28)18-24)41(33)10-3/h8-9,13-14,18,23,25,29-30,39H,1,10-12,15-17,19-22,37H2,2-7H3/b32-26+,38-9-/t23-,25-,29-,30-/m0/s1. The molecule has 2 fully saturated rings. The van der Waals surface area contributed by atoms with Crippen LogP contribution in [0.25, 0.3) is 16.5 Å². The van der Waals surface area contributed by atoms with Gasteiger partial charge in [0.15, 0.2) is 0 Å². The van der Waals surface area contributed by atoms with Crippen LogP contribution in [0.15, 0.2) is 41.5 Å². The molecule has 256 valence electrons. The Morgan fingerprint density at radius 2 is 2.09 bits per heavy atom. The van der Waals surface area contributed by atoms with E-state index in [1.54, 1.807) is 13.3 Å². The first-order chi connectivity index (χ1) is 22.5. The maximum absolute atomic E-state index is 13.4. The zero-order valence-electron chi connectivity index (χ0n) is 28.9. The molecule has 1 aromatic heterocycles. The number of carbonyl (C=O) groups is 2. The summed E-state index contributed by atoms with van der Waals surface area (Å²) in [6.45, 7) is 17.9. The molecule has 4 atom stereocenters. The number of allylic oxidation sites excluding steroid dienone is 2. The zero-order chi connectivity index (χ0) is 33.9. The Labute approximate surface area is 278 Å². The molecular weight excluding hydrogens is 596 g/mol. The third-order valence-electron chi connectivity index (χ3n) is 9.55. The first kappa shape index (κ1) is 34.8. The van der Waals surface area contributed by atoms with Crippen LogP contribution in [0.2, 0.25) is 0 Å². The minimum absolute atomic E-state index is 0.210. The summed E-state index contributed by atoms with van der Waals surface area (Å²) in [4.78, 5) is 33.8. The molecule has 47 heavy (non-hydrogen) atoms. The van der Waals surface area contributed by atoms with Gasteiger partial charge in [-0.25, -0.2) is 5.43 Å². The first-order valence-corrected chi connectivity index (χ1v) is 16.9. The summed E-state index contributed by atoms with van der Waals surface area (Å²) in [5, 5.41) is 2.62. The lowest BCUT2D eigenvalue weighted by Crippen LogP contribution is -2.59. The third-order valence-corrected chi connectivity index (χ3v) is 9.55. The van der Waals surface area contributed by atoms with E-state index < -0.39 is 17.5 Å². The lowest BCUT2D eigenvalue weighted by molar-refractivity contribution is -0.155. The largest absolute Gasteiger partial charge is 0.464 e. The molecule has 0 spiro atoms. The van der Waals surface area contributed by atoms with Crippen molar-refractivity contribution in [3.8, 4) is 0 Å². The highest BCUT2D eigenvalue weighted by Crippen LogP contribution is 2.40. The summed E-state index contributed by atoms with van der Waals surface area (Å²) in [5.41, 5.74) is 15.2. The fourth-order valence-corrected chi connectivity index (χ4v) is 7.08. The van der Waals surface area contributed by atoms with Crippen molar-refractivity contribution in [1.29, 1.82) is 0 Å². The number of hydrogen-bond acceptors (Lipinski definition) is 9. The van der Waals surface area contributed by atoms with E-state index in [9.17, 15) is 9.59 Å². The molecule has 2 saturated heterocycles.